The minimum atomic E-state index is -0.444. The number of benzene rings is 3. The fourth-order valence-electron chi connectivity index (χ4n) is 3.20. The maximum absolute atomic E-state index is 12.5. The van der Waals surface area contributed by atoms with Crippen molar-refractivity contribution in [3.05, 3.63) is 77.5 Å². The van der Waals surface area contributed by atoms with Gasteiger partial charge in [-0.05, 0) is 37.3 Å². The number of hydrogen-bond acceptors (Lipinski definition) is 5. The first-order valence-electron chi connectivity index (χ1n) is 10.1. The van der Waals surface area contributed by atoms with Gasteiger partial charge in [0.05, 0.1) is 24.9 Å². The third-order valence-corrected chi connectivity index (χ3v) is 5.26. The lowest BCUT2D eigenvalue weighted by atomic mass is 10.1. The van der Waals surface area contributed by atoms with Gasteiger partial charge in [0.1, 0.15) is 23.5 Å². The number of rotatable bonds is 6. The van der Waals surface area contributed by atoms with Crippen LogP contribution in [0, 0.1) is 6.92 Å². The van der Waals surface area contributed by atoms with Gasteiger partial charge in [0, 0.05) is 22.9 Å². The van der Waals surface area contributed by atoms with Crippen LogP contribution < -0.4 is 20.1 Å². The Bertz CT molecular complexity index is 1270. The smallest absolute Gasteiger partial charge is 0.323 e. The van der Waals surface area contributed by atoms with Crippen molar-refractivity contribution >= 4 is 29.0 Å². The molecule has 0 aliphatic rings. The average Bonchev–Trinajstić information content (AvgIpc) is 3.30. The normalized spacial score (nSPS) is 10.5. The Balaban J connectivity index is 1.43. The molecule has 0 aliphatic carbocycles. The van der Waals surface area contributed by atoms with E-state index in [0.29, 0.717) is 33.8 Å². The predicted molar refractivity (Wildman–Crippen MR) is 129 cm³/mol. The van der Waals surface area contributed by atoms with Crippen LogP contribution in [0.5, 0.6) is 11.5 Å². The number of methoxy groups -OCH3 is 2. The summed E-state index contributed by atoms with van der Waals surface area (Å²) in [7, 11) is 3.00. The second-order valence-electron chi connectivity index (χ2n) is 7.25. The minimum Gasteiger partial charge on any atom is -0.495 e. The first-order chi connectivity index (χ1) is 16.0. The van der Waals surface area contributed by atoms with Crippen LogP contribution in [0.1, 0.15) is 5.56 Å². The van der Waals surface area contributed by atoms with Crippen molar-refractivity contribution < 1.29 is 18.7 Å². The number of hydrogen-bond donors (Lipinski definition) is 2. The second-order valence-corrected chi connectivity index (χ2v) is 7.65. The van der Waals surface area contributed by atoms with Gasteiger partial charge in [0.25, 0.3) is 0 Å². The highest BCUT2D eigenvalue weighted by molar-refractivity contribution is 6.32. The van der Waals surface area contributed by atoms with Crippen LogP contribution in [0.25, 0.3) is 22.7 Å². The van der Waals surface area contributed by atoms with Gasteiger partial charge in [0.2, 0.25) is 5.89 Å². The van der Waals surface area contributed by atoms with Gasteiger partial charge in [-0.2, -0.15) is 0 Å². The van der Waals surface area contributed by atoms with Crippen molar-refractivity contribution in [1.82, 2.24) is 4.98 Å². The van der Waals surface area contributed by atoms with Crippen molar-refractivity contribution in [1.29, 1.82) is 0 Å². The zero-order valence-electron chi connectivity index (χ0n) is 18.3. The summed E-state index contributed by atoms with van der Waals surface area (Å²) in [5, 5.41) is 5.86. The molecule has 8 heteroatoms. The molecule has 0 bridgehead atoms. The molecule has 4 rings (SSSR count). The average molecular weight is 464 g/mol. The summed E-state index contributed by atoms with van der Waals surface area (Å²) in [6.45, 7) is 2.04. The molecule has 168 valence electrons. The number of aromatic nitrogens is 1. The largest absolute Gasteiger partial charge is 0.495 e. The maximum Gasteiger partial charge on any atom is 0.323 e. The van der Waals surface area contributed by atoms with Gasteiger partial charge < -0.3 is 24.5 Å². The van der Waals surface area contributed by atoms with Crippen LogP contribution in [-0.4, -0.2) is 25.2 Å². The van der Waals surface area contributed by atoms with E-state index >= 15 is 0 Å². The molecule has 2 amide bonds. The van der Waals surface area contributed by atoms with E-state index in [9.17, 15) is 4.79 Å². The number of halogens is 1. The lowest BCUT2D eigenvalue weighted by Crippen LogP contribution is -2.19. The molecule has 0 radical (unpaired) electrons. The monoisotopic (exact) mass is 463 g/mol. The standard InChI is InChI=1S/C25H22ClN3O4/c1-15-4-6-16(7-5-15)21-14-33-24(28-21)17-8-10-18(11-9-17)27-25(30)29-20-12-19(26)22(31-2)13-23(20)32-3/h4-14H,1-3H3,(H2,27,29,30). The summed E-state index contributed by atoms with van der Waals surface area (Å²) in [5.74, 6) is 1.38. The number of amides is 2. The topological polar surface area (TPSA) is 85.6 Å². The summed E-state index contributed by atoms with van der Waals surface area (Å²) < 4.78 is 16.1. The van der Waals surface area contributed by atoms with Crippen molar-refractivity contribution in [2.45, 2.75) is 6.92 Å². The summed E-state index contributed by atoms with van der Waals surface area (Å²) in [5.41, 5.74) is 4.74. The van der Waals surface area contributed by atoms with Crippen LogP contribution in [0.3, 0.4) is 0 Å². The van der Waals surface area contributed by atoms with Crippen LogP contribution in [-0.2, 0) is 0 Å². The molecule has 0 saturated carbocycles. The number of carbonyl (C=O) groups excluding carboxylic acids is 1. The van der Waals surface area contributed by atoms with Gasteiger partial charge in [-0.3, -0.25) is 0 Å². The molecular weight excluding hydrogens is 442 g/mol. The Morgan fingerprint density at radius 1 is 0.909 bits per heavy atom. The minimum absolute atomic E-state index is 0.355. The summed E-state index contributed by atoms with van der Waals surface area (Å²) in [6, 6.07) is 18.0. The Morgan fingerprint density at radius 2 is 1.58 bits per heavy atom. The highest BCUT2D eigenvalue weighted by atomic mass is 35.5. The zero-order valence-corrected chi connectivity index (χ0v) is 19.1. The quantitative estimate of drug-likeness (QED) is 0.335. The molecule has 7 nitrogen and oxygen atoms in total. The number of carbonyl (C=O) groups is 1. The molecule has 1 heterocycles. The third-order valence-electron chi connectivity index (χ3n) is 4.96. The first kappa shape index (κ1) is 22.2. The Morgan fingerprint density at radius 3 is 2.24 bits per heavy atom. The Labute approximate surface area is 196 Å². The zero-order chi connectivity index (χ0) is 23.4. The van der Waals surface area contributed by atoms with E-state index in [1.165, 1.54) is 19.8 Å². The number of anilines is 2. The van der Waals surface area contributed by atoms with Crippen molar-refractivity contribution in [2.75, 3.05) is 24.9 Å². The molecule has 2 N–H and O–H groups in total. The first-order valence-corrected chi connectivity index (χ1v) is 10.5. The summed E-state index contributed by atoms with van der Waals surface area (Å²) >= 11 is 6.16. The number of nitrogens with zero attached hydrogens (tertiary/aromatic N) is 1. The van der Waals surface area contributed by atoms with E-state index in [1.807, 2.05) is 43.3 Å². The molecular formula is C25H22ClN3O4. The summed E-state index contributed by atoms with van der Waals surface area (Å²) in [6.07, 6.45) is 1.63. The van der Waals surface area contributed by atoms with E-state index in [4.69, 9.17) is 25.5 Å². The fraction of sp³-hybridized carbons (Fsp3) is 0.120. The second kappa shape index (κ2) is 9.67. The number of oxazole rings is 1. The molecule has 0 saturated heterocycles. The van der Waals surface area contributed by atoms with Gasteiger partial charge >= 0.3 is 6.03 Å². The highest BCUT2D eigenvalue weighted by Gasteiger charge is 2.13. The van der Waals surface area contributed by atoms with Crippen LogP contribution in [0.15, 0.2) is 71.3 Å². The van der Waals surface area contributed by atoms with E-state index in [1.54, 1.807) is 30.5 Å². The number of aryl methyl sites for hydroxylation is 1. The van der Waals surface area contributed by atoms with Crippen molar-refractivity contribution in [3.63, 3.8) is 0 Å². The van der Waals surface area contributed by atoms with Gasteiger partial charge in [-0.15, -0.1) is 0 Å². The molecule has 0 spiro atoms. The van der Waals surface area contributed by atoms with Crippen LogP contribution in [0.2, 0.25) is 5.02 Å². The Hall–Kier alpha value is -3.97. The molecule has 1 aromatic heterocycles. The SMILES string of the molecule is COc1cc(OC)c(NC(=O)Nc2ccc(-c3nc(-c4ccc(C)cc4)co3)cc2)cc1Cl. The van der Waals surface area contributed by atoms with Gasteiger partial charge in [-0.25, -0.2) is 9.78 Å². The number of nitrogens with one attached hydrogen (secondary N) is 2. The molecule has 0 aliphatic heterocycles. The molecule has 4 aromatic rings. The Kier molecular flexibility index (Phi) is 6.51. The van der Waals surface area contributed by atoms with E-state index in [0.717, 1.165) is 16.8 Å². The van der Waals surface area contributed by atoms with Crippen molar-refractivity contribution in [3.8, 4) is 34.2 Å². The fourth-order valence-corrected chi connectivity index (χ4v) is 3.44. The lowest BCUT2D eigenvalue weighted by molar-refractivity contribution is 0.262. The van der Waals surface area contributed by atoms with E-state index in [-0.39, 0.29) is 0 Å². The van der Waals surface area contributed by atoms with E-state index in [2.05, 4.69) is 15.6 Å². The molecule has 0 fully saturated rings. The van der Waals surface area contributed by atoms with Crippen LogP contribution in [0.4, 0.5) is 16.2 Å². The van der Waals surface area contributed by atoms with E-state index < -0.39 is 6.03 Å². The molecule has 33 heavy (non-hydrogen) atoms. The molecule has 0 unspecified atom stereocenters. The molecule has 3 aromatic carbocycles. The number of urea groups is 1. The maximum atomic E-state index is 12.5. The highest BCUT2D eigenvalue weighted by Crippen LogP contribution is 2.36. The van der Waals surface area contributed by atoms with Crippen molar-refractivity contribution in [2.24, 2.45) is 0 Å². The van der Waals surface area contributed by atoms with Crippen LogP contribution >= 0.6 is 11.6 Å². The predicted octanol–water partition coefficient (Wildman–Crippen LogP) is 6.63. The van der Waals surface area contributed by atoms with Gasteiger partial charge in [0.15, 0.2) is 0 Å². The third kappa shape index (κ3) is 5.10. The molecule has 0 atom stereocenters. The van der Waals surface area contributed by atoms with Gasteiger partial charge in [-0.1, -0.05) is 41.4 Å². The summed E-state index contributed by atoms with van der Waals surface area (Å²) in [4.78, 5) is 17.0. The lowest BCUT2D eigenvalue weighted by Gasteiger charge is -2.13. The number of ether oxygens (including phenoxy) is 2.